The molecular formula is C23H29FN4O5S. The maximum atomic E-state index is 14.2. The lowest BCUT2D eigenvalue weighted by atomic mass is 10.1. The summed E-state index contributed by atoms with van der Waals surface area (Å²) in [6.07, 6.45) is 0.354. The van der Waals surface area contributed by atoms with Gasteiger partial charge in [0.2, 0.25) is 15.9 Å². The minimum atomic E-state index is -3.83. The maximum Gasteiger partial charge on any atom is 0.254 e. The lowest BCUT2D eigenvalue weighted by Gasteiger charge is -2.26. The topological polar surface area (TPSA) is 117 Å². The molecule has 0 spiro atoms. The van der Waals surface area contributed by atoms with Gasteiger partial charge >= 0.3 is 0 Å². The zero-order valence-electron chi connectivity index (χ0n) is 19.0. The average Bonchev–Trinajstić information content (AvgIpc) is 2.82. The van der Waals surface area contributed by atoms with E-state index < -0.39 is 21.7 Å². The number of hydrogen-bond donors (Lipinski definition) is 3. The third kappa shape index (κ3) is 7.32. The third-order valence-corrected chi connectivity index (χ3v) is 6.79. The smallest absolute Gasteiger partial charge is 0.254 e. The van der Waals surface area contributed by atoms with Crippen LogP contribution in [0.2, 0.25) is 0 Å². The summed E-state index contributed by atoms with van der Waals surface area (Å²) < 4.78 is 46.1. The standard InChI is InChI=1S/C23H29FN4O5S/c1-2-26-34(31,32)19-6-7-21(24)20(15-19)23(30)25-16-17-4-3-5-18(14-17)27-22(29)8-9-28-10-12-33-13-11-28/h3-7,14-15,26H,2,8-13,16H2,1H3,(H,25,30)(H,27,29). The molecule has 0 aliphatic carbocycles. The van der Waals surface area contributed by atoms with Crippen molar-refractivity contribution < 1.29 is 27.1 Å². The normalized spacial score (nSPS) is 14.5. The maximum absolute atomic E-state index is 14.2. The second-order valence-electron chi connectivity index (χ2n) is 7.78. The van der Waals surface area contributed by atoms with Crippen molar-refractivity contribution >= 4 is 27.5 Å². The Hall–Kier alpha value is -2.86. The summed E-state index contributed by atoms with van der Waals surface area (Å²) in [5.74, 6) is -1.69. The number of anilines is 1. The number of halogens is 1. The number of rotatable bonds is 10. The molecule has 2 amide bonds. The van der Waals surface area contributed by atoms with Crippen LogP contribution in [-0.2, 0) is 26.1 Å². The van der Waals surface area contributed by atoms with Gasteiger partial charge in [0.05, 0.1) is 23.7 Å². The van der Waals surface area contributed by atoms with Gasteiger partial charge in [-0.05, 0) is 35.9 Å². The molecule has 3 N–H and O–H groups in total. The lowest BCUT2D eigenvalue weighted by Crippen LogP contribution is -2.38. The number of carbonyl (C=O) groups is 2. The number of hydrogen-bond acceptors (Lipinski definition) is 6. The van der Waals surface area contributed by atoms with Crippen LogP contribution in [0.5, 0.6) is 0 Å². The molecule has 1 aliphatic rings. The van der Waals surface area contributed by atoms with Crippen LogP contribution in [-0.4, -0.2) is 64.5 Å². The average molecular weight is 493 g/mol. The molecule has 34 heavy (non-hydrogen) atoms. The molecule has 0 aromatic heterocycles. The van der Waals surface area contributed by atoms with Crippen molar-refractivity contribution in [3.8, 4) is 0 Å². The molecule has 1 aliphatic heterocycles. The summed E-state index contributed by atoms with van der Waals surface area (Å²) in [5.41, 5.74) is 0.909. The summed E-state index contributed by atoms with van der Waals surface area (Å²) in [6, 6.07) is 10.0. The third-order valence-electron chi connectivity index (χ3n) is 5.25. The largest absolute Gasteiger partial charge is 0.379 e. The van der Waals surface area contributed by atoms with Gasteiger partial charge in [-0.25, -0.2) is 17.5 Å². The highest BCUT2D eigenvalue weighted by Gasteiger charge is 2.19. The van der Waals surface area contributed by atoms with Crippen molar-refractivity contribution in [1.29, 1.82) is 0 Å². The first-order valence-corrected chi connectivity index (χ1v) is 12.5. The SMILES string of the molecule is CCNS(=O)(=O)c1ccc(F)c(C(=O)NCc2cccc(NC(=O)CCN3CCOCC3)c2)c1. The van der Waals surface area contributed by atoms with Crippen LogP contribution < -0.4 is 15.4 Å². The fourth-order valence-electron chi connectivity index (χ4n) is 3.46. The molecule has 3 rings (SSSR count). The molecule has 184 valence electrons. The van der Waals surface area contributed by atoms with Crippen LogP contribution >= 0.6 is 0 Å². The molecular weight excluding hydrogens is 463 g/mol. The van der Waals surface area contributed by atoms with E-state index in [-0.39, 0.29) is 29.5 Å². The Morgan fingerprint density at radius 3 is 2.62 bits per heavy atom. The first-order chi connectivity index (χ1) is 16.3. The fourth-order valence-corrected chi connectivity index (χ4v) is 4.53. The van der Waals surface area contributed by atoms with E-state index in [4.69, 9.17) is 4.74 Å². The van der Waals surface area contributed by atoms with Crippen molar-refractivity contribution in [3.63, 3.8) is 0 Å². The predicted molar refractivity (Wildman–Crippen MR) is 125 cm³/mol. The molecule has 1 saturated heterocycles. The second kappa shape index (κ2) is 12.0. The van der Waals surface area contributed by atoms with Crippen LogP contribution in [0.3, 0.4) is 0 Å². The van der Waals surface area contributed by atoms with E-state index in [1.165, 1.54) is 0 Å². The summed E-state index contributed by atoms with van der Waals surface area (Å²) in [4.78, 5) is 26.8. The number of sulfonamides is 1. The summed E-state index contributed by atoms with van der Waals surface area (Å²) >= 11 is 0. The van der Waals surface area contributed by atoms with E-state index in [2.05, 4.69) is 20.3 Å². The Labute approximate surface area is 198 Å². The molecule has 0 saturated carbocycles. The van der Waals surface area contributed by atoms with Gasteiger partial charge in [-0.15, -0.1) is 0 Å². The van der Waals surface area contributed by atoms with E-state index in [1.807, 2.05) is 0 Å². The monoisotopic (exact) mass is 492 g/mol. The first-order valence-electron chi connectivity index (χ1n) is 11.0. The number of ether oxygens (including phenoxy) is 1. The zero-order valence-corrected chi connectivity index (χ0v) is 19.8. The summed E-state index contributed by atoms with van der Waals surface area (Å²) in [5, 5.41) is 5.43. The van der Waals surface area contributed by atoms with Crippen molar-refractivity contribution in [2.75, 3.05) is 44.7 Å². The van der Waals surface area contributed by atoms with E-state index in [0.29, 0.717) is 37.4 Å². The van der Waals surface area contributed by atoms with Gasteiger partial charge in [-0.3, -0.25) is 14.5 Å². The zero-order chi connectivity index (χ0) is 24.6. The molecule has 0 atom stereocenters. The molecule has 0 unspecified atom stereocenters. The van der Waals surface area contributed by atoms with Crippen molar-refractivity contribution in [3.05, 3.63) is 59.4 Å². The summed E-state index contributed by atoms with van der Waals surface area (Å²) in [6.45, 7) is 5.49. The van der Waals surface area contributed by atoms with Crippen molar-refractivity contribution in [1.82, 2.24) is 14.9 Å². The highest BCUT2D eigenvalue weighted by Crippen LogP contribution is 2.16. The molecule has 1 fully saturated rings. The molecule has 1 heterocycles. The fraction of sp³-hybridized carbons (Fsp3) is 0.391. The quantitative estimate of drug-likeness (QED) is 0.465. The summed E-state index contributed by atoms with van der Waals surface area (Å²) in [7, 11) is -3.83. The number of morpholine rings is 1. The van der Waals surface area contributed by atoms with Gasteiger partial charge < -0.3 is 15.4 Å². The molecule has 2 aromatic rings. The van der Waals surface area contributed by atoms with E-state index in [9.17, 15) is 22.4 Å². The Kier molecular flexibility index (Phi) is 9.11. The number of benzene rings is 2. The first kappa shape index (κ1) is 25.8. The van der Waals surface area contributed by atoms with Gasteiger partial charge in [0.15, 0.2) is 0 Å². The van der Waals surface area contributed by atoms with Crippen molar-refractivity contribution in [2.45, 2.75) is 24.8 Å². The van der Waals surface area contributed by atoms with Crippen LogP contribution in [0.4, 0.5) is 10.1 Å². The lowest BCUT2D eigenvalue weighted by molar-refractivity contribution is -0.116. The predicted octanol–water partition coefficient (Wildman–Crippen LogP) is 1.71. The van der Waals surface area contributed by atoms with E-state index in [1.54, 1.807) is 31.2 Å². The molecule has 0 radical (unpaired) electrons. The molecule has 2 aromatic carbocycles. The van der Waals surface area contributed by atoms with Gasteiger partial charge in [0.25, 0.3) is 5.91 Å². The van der Waals surface area contributed by atoms with Gasteiger partial charge in [-0.1, -0.05) is 19.1 Å². The molecule has 9 nitrogen and oxygen atoms in total. The molecule has 0 bridgehead atoms. The van der Waals surface area contributed by atoms with Gasteiger partial charge in [0, 0.05) is 44.8 Å². The van der Waals surface area contributed by atoms with E-state index in [0.717, 1.165) is 31.3 Å². The highest BCUT2D eigenvalue weighted by molar-refractivity contribution is 7.89. The van der Waals surface area contributed by atoms with Gasteiger partial charge in [0.1, 0.15) is 5.82 Å². The highest BCUT2D eigenvalue weighted by atomic mass is 32.2. The Morgan fingerprint density at radius 2 is 1.88 bits per heavy atom. The van der Waals surface area contributed by atoms with Crippen LogP contribution in [0, 0.1) is 5.82 Å². The minimum Gasteiger partial charge on any atom is -0.379 e. The van der Waals surface area contributed by atoms with Crippen molar-refractivity contribution in [2.24, 2.45) is 0 Å². The number of amides is 2. The Morgan fingerprint density at radius 1 is 1.12 bits per heavy atom. The Balaban J connectivity index is 1.57. The number of nitrogens with one attached hydrogen (secondary N) is 3. The van der Waals surface area contributed by atoms with Crippen LogP contribution in [0.1, 0.15) is 29.3 Å². The number of carbonyl (C=O) groups excluding carboxylic acids is 2. The number of nitrogens with zero attached hydrogens (tertiary/aromatic N) is 1. The Bertz CT molecular complexity index is 1120. The molecule has 11 heteroatoms. The minimum absolute atomic E-state index is 0.0694. The second-order valence-corrected chi connectivity index (χ2v) is 9.55. The van der Waals surface area contributed by atoms with Crippen LogP contribution in [0.15, 0.2) is 47.4 Å². The van der Waals surface area contributed by atoms with Crippen LogP contribution in [0.25, 0.3) is 0 Å². The van der Waals surface area contributed by atoms with E-state index >= 15 is 0 Å². The van der Waals surface area contributed by atoms with Gasteiger partial charge in [-0.2, -0.15) is 0 Å².